The SMILES string of the molecule is Cc1ccc(CC(C)C)n1C. The summed E-state index contributed by atoms with van der Waals surface area (Å²) in [4.78, 5) is 0. The second kappa shape index (κ2) is 3.12. The molecule has 0 aliphatic heterocycles. The zero-order chi connectivity index (χ0) is 8.43. The van der Waals surface area contributed by atoms with Crippen molar-refractivity contribution < 1.29 is 0 Å². The quantitative estimate of drug-likeness (QED) is 0.612. The van der Waals surface area contributed by atoms with Gasteiger partial charge in [0.25, 0.3) is 0 Å². The molecule has 0 saturated carbocycles. The van der Waals surface area contributed by atoms with Crippen LogP contribution in [-0.4, -0.2) is 4.57 Å². The molecular formula is C10H17N. The Balaban J connectivity index is 2.79. The lowest BCUT2D eigenvalue weighted by molar-refractivity contribution is 0.613. The van der Waals surface area contributed by atoms with Gasteiger partial charge in [0.2, 0.25) is 0 Å². The molecule has 62 valence electrons. The van der Waals surface area contributed by atoms with E-state index < -0.39 is 0 Å². The van der Waals surface area contributed by atoms with Crippen LogP contribution in [0.4, 0.5) is 0 Å². The number of nitrogens with zero attached hydrogens (tertiary/aromatic N) is 1. The maximum Gasteiger partial charge on any atom is 0.0176 e. The zero-order valence-electron chi connectivity index (χ0n) is 7.89. The van der Waals surface area contributed by atoms with Crippen LogP contribution in [0.1, 0.15) is 25.2 Å². The van der Waals surface area contributed by atoms with E-state index in [9.17, 15) is 0 Å². The van der Waals surface area contributed by atoms with Gasteiger partial charge >= 0.3 is 0 Å². The van der Waals surface area contributed by atoms with Gasteiger partial charge in [0.15, 0.2) is 0 Å². The van der Waals surface area contributed by atoms with Crippen molar-refractivity contribution in [3.63, 3.8) is 0 Å². The second-order valence-electron chi connectivity index (χ2n) is 3.62. The van der Waals surface area contributed by atoms with Crippen LogP contribution >= 0.6 is 0 Å². The van der Waals surface area contributed by atoms with Crippen LogP contribution in [0.3, 0.4) is 0 Å². The fourth-order valence-electron chi connectivity index (χ4n) is 1.29. The predicted octanol–water partition coefficient (Wildman–Crippen LogP) is 2.53. The molecule has 0 amide bonds. The first-order valence-electron chi connectivity index (χ1n) is 4.22. The highest BCUT2D eigenvalue weighted by atomic mass is 14.9. The number of hydrogen-bond donors (Lipinski definition) is 0. The van der Waals surface area contributed by atoms with E-state index in [0.29, 0.717) is 0 Å². The Labute approximate surface area is 69.0 Å². The summed E-state index contributed by atoms with van der Waals surface area (Å²) >= 11 is 0. The van der Waals surface area contributed by atoms with Crippen molar-refractivity contribution in [3.05, 3.63) is 23.5 Å². The minimum atomic E-state index is 0.753. The fourth-order valence-corrected chi connectivity index (χ4v) is 1.29. The van der Waals surface area contributed by atoms with Gasteiger partial charge < -0.3 is 4.57 Å². The highest BCUT2D eigenvalue weighted by molar-refractivity contribution is 5.14. The summed E-state index contributed by atoms with van der Waals surface area (Å²) in [6.45, 7) is 6.65. The van der Waals surface area contributed by atoms with E-state index in [0.717, 1.165) is 5.92 Å². The Kier molecular flexibility index (Phi) is 2.38. The van der Waals surface area contributed by atoms with Crippen molar-refractivity contribution in [2.75, 3.05) is 0 Å². The van der Waals surface area contributed by atoms with Gasteiger partial charge in [-0.05, 0) is 31.4 Å². The summed E-state index contributed by atoms with van der Waals surface area (Å²) in [7, 11) is 2.13. The lowest BCUT2D eigenvalue weighted by Gasteiger charge is -2.06. The van der Waals surface area contributed by atoms with Crippen molar-refractivity contribution in [2.24, 2.45) is 13.0 Å². The van der Waals surface area contributed by atoms with E-state index in [-0.39, 0.29) is 0 Å². The Morgan fingerprint density at radius 1 is 1.36 bits per heavy atom. The third-order valence-electron chi connectivity index (χ3n) is 2.09. The monoisotopic (exact) mass is 151 g/mol. The summed E-state index contributed by atoms with van der Waals surface area (Å²) in [5.74, 6) is 0.753. The Morgan fingerprint density at radius 3 is 2.36 bits per heavy atom. The van der Waals surface area contributed by atoms with Gasteiger partial charge in [-0.25, -0.2) is 0 Å². The fraction of sp³-hybridized carbons (Fsp3) is 0.600. The summed E-state index contributed by atoms with van der Waals surface area (Å²) in [5.41, 5.74) is 2.79. The molecular weight excluding hydrogens is 134 g/mol. The maximum absolute atomic E-state index is 2.26. The van der Waals surface area contributed by atoms with E-state index in [1.165, 1.54) is 17.8 Å². The van der Waals surface area contributed by atoms with Gasteiger partial charge in [0.1, 0.15) is 0 Å². The molecule has 0 spiro atoms. The van der Waals surface area contributed by atoms with Gasteiger partial charge in [-0.1, -0.05) is 13.8 Å². The molecule has 1 heterocycles. The Bertz CT molecular complexity index is 233. The first kappa shape index (κ1) is 8.38. The molecule has 1 aromatic heterocycles. The van der Waals surface area contributed by atoms with Crippen LogP contribution in [0.25, 0.3) is 0 Å². The smallest absolute Gasteiger partial charge is 0.0176 e. The average molecular weight is 151 g/mol. The van der Waals surface area contributed by atoms with Crippen molar-refractivity contribution in [1.29, 1.82) is 0 Å². The topological polar surface area (TPSA) is 4.93 Å². The summed E-state index contributed by atoms with van der Waals surface area (Å²) in [5, 5.41) is 0. The molecule has 1 heteroatoms. The second-order valence-corrected chi connectivity index (χ2v) is 3.62. The largest absolute Gasteiger partial charge is 0.352 e. The summed E-state index contributed by atoms with van der Waals surface area (Å²) < 4.78 is 2.26. The van der Waals surface area contributed by atoms with Crippen molar-refractivity contribution in [3.8, 4) is 0 Å². The maximum atomic E-state index is 2.26. The van der Waals surface area contributed by atoms with Crippen molar-refractivity contribution >= 4 is 0 Å². The van der Waals surface area contributed by atoms with Gasteiger partial charge in [0.05, 0.1) is 0 Å². The third kappa shape index (κ3) is 1.86. The molecule has 0 radical (unpaired) electrons. The summed E-state index contributed by atoms with van der Waals surface area (Å²) in [6, 6.07) is 4.40. The first-order chi connectivity index (χ1) is 5.11. The standard InChI is InChI=1S/C10H17N/c1-8(2)7-10-6-5-9(3)11(10)4/h5-6,8H,7H2,1-4H3. The van der Waals surface area contributed by atoms with E-state index in [2.05, 4.69) is 44.5 Å². The molecule has 1 aromatic rings. The van der Waals surface area contributed by atoms with Crippen LogP contribution < -0.4 is 0 Å². The number of aromatic nitrogens is 1. The van der Waals surface area contributed by atoms with Crippen LogP contribution in [-0.2, 0) is 13.5 Å². The highest BCUT2D eigenvalue weighted by Crippen LogP contribution is 2.10. The van der Waals surface area contributed by atoms with E-state index >= 15 is 0 Å². The van der Waals surface area contributed by atoms with Crippen molar-refractivity contribution in [1.82, 2.24) is 4.57 Å². The predicted molar refractivity (Wildman–Crippen MR) is 48.7 cm³/mol. The normalized spacial score (nSPS) is 11.0. The van der Waals surface area contributed by atoms with E-state index in [1.54, 1.807) is 0 Å². The van der Waals surface area contributed by atoms with Gasteiger partial charge in [0, 0.05) is 18.4 Å². The van der Waals surface area contributed by atoms with Crippen LogP contribution in [0.2, 0.25) is 0 Å². The first-order valence-corrected chi connectivity index (χ1v) is 4.22. The minimum Gasteiger partial charge on any atom is -0.352 e. The molecule has 1 rings (SSSR count). The third-order valence-corrected chi connectivity index (χ3v) is 2.09. The van der Waals surface area contributed by atoms with Gasteiger partial charge in [-0.3, -0.25) is 0 Å². The van der Waals surface area contributed by atoms with Crippen LogP contribution in [0.15, 0.2) is 12.1 Å². The average Bonchev–Trinajstić information content (AvgIpc) is 2.18. The van der Waals surface area contributed by atoms with Crippen LogP contribution in [0.5, 0.6) is 0 Å². The van der Waals surface area contributed by atoms with Crippen LogP contribution in [0, 0.1) is 12.8 Å². The van der Waals surface area contributed by atoms with E-state index in [4.69, 9.17) is 0 Å². The lowest BCUT2D eigenvalue weighted by atomic mass is 10.1. The zero-order valence-corrected chi connectivity index (χ0v) is 7.89. The molecule has 0 aromatic carbocycles. The molecule has 0 unspecified atom stereocenters. The highest BCUT2D eigenvalue weighted by Gasteiger charge is 2.02. The minimum absolute atomic E-state index is 0.753. The molecule has 11 heavy (non-hydrogen) atoms. The molecule has 1 nitrogen and oxygen atoms in total. The molecule has 0 N–H and O–H groups in total. The number of hydrogen-bond acceptors (Lipinski definition) is 0. The molecule has 0 atom stereocenters. The number of aryl methyl sites for hydroxylation is 1. The molecule has 0 aliphatic carbocycles. The molecule has 0 fully saturated rings. The summed E-state index contributed by atoms with van der Waals surface area (Å²) in [6.07, 6.45) is 1.18. The lowest BCUT2D eigenvalue weighted by Crippen LogP contribution is -2.01. The van der Waals surface area contributed by atoms with Crippen molar-refractivity contribution in [2.45, 2.75) is 27.2 Å². The number of rotatable bonds is 2. The Morgan fingerprint density at radius 2 is 2.00 bits per heavy atom. The van der Waals surface area contributed by atoms with Gasteiger partial charge in [-0.2, -0.15) is 0 Å². The molecule has 0 aliphatic rings. The van der Waals surface area contributed by atoms with Gasteiger partial charge in [-0.15, -0.1) is 0 Å². The molecule has 0 bridgehead atoms. The Hall–Kier alpha value is -0.720. The van der Waals surface area contributed by atoms with E-state index in [1.807, 2.05) is 0 Å². The molecule has 0 saturated heterocycles.